The number of halogens is 4. The van der Waals surface area contributed by atoms with E-state index in [1.807, 2.05) is 24.3 Å². The van der Waals surface area contributed by atoms with Gasteiger partial charge in [-0.3, -0.25) is 9.13 Å². The van der Waals surface area contributed by atoms with Crippen molar-refractivity contribution in [3.63, 3.8) is 0 Å². The number of rotatable bonds is 16. The third kappa shape index (κ3) is 17.3. The van der Waals surface area contributed by atoms with E-state index < -0.39 is 64.0 Å². The van der Waals surface area contributed by atoms with E-state index in [0.717, 1.165) is 71.9 Å². The van der Waals surface area contributed by atoms with Crippen LogP contribution in [0.25, 0.3) is 11.1 Å². The molecule has 0 saturated heterocycles. The molecule has 0 spiro atoms. The van der Waals surface area contributed by atoms with Gasteiger partial charge in [-0.2, -0.15) is 0 Å². The van der Waals surface area contributed by atoms with Crippen molar-refractivity contribution < 1.29 is 86.7 Å². The van der Waals surface area contributed by atoms with Crippen molar-refractivity contribution in [3.8, 4) is 0 Å². The number of allylic oxidation sites excluding steroid dienone is 4. The van der Waals surface area contributed by atoms with Gasteiger partial charge in [0.2, 0.25) is 14.7 Å². The second kappa shape index (κ2) is 23.8. The minimum Gasteiger partial charge on any atom is -0.550 e. The number of hydrogen-bond acceptors (Lipinski definition) is 8. The molecule has 2 aliphatic rings. The molecule has 0 aliphatic heterocycles. The number of aliphatic hydroxyl groups excluding tert-OH is 2. The summed E-state index contributed by atoms with van der Waals surface area (Å²) in [4.78, 5) is 41.6. The van der Waals surface area contributed by atoms with Gasteiger partial charge in [0.25, 0.3) is 0 Å². The number of carboxylic acid groups (broad SMARTS) is 2. The van der Waals surface area contributed by atoms with Gasteiger partial charge in [-0.1, -0.05) is 97.4 Å². The summed E-state index contributed by atoms with van der Waals surface area (Å²) in [5, 5.41) is 42.4. The van der Waals surface area contributed by atoms with E-state index >= 15 is 0 Å². The van der Waals surface area contributed by atoms with Crippen LogP contribution in [-0.2, 0) is 18.7 Å². The van der Waals surface area contributed by atoms with E-state index in [9.17, 15) is 48.9 Å². The fraction of sp³-hybridized carbons (Fsp3) is 0.550. The molecule has 0 bridgehead atoms. The maximum Gasteiger partial charge on any atom is 1.00 e. The predicted molar refractivity (Wildman–Crippen MR) is 222 cm³/mol. The maximum atomic E-state index is 12.5. The average Bonchev–Trinajstić information content (AvgIpc) is 3.04. The Morgan fingerprint density at radius 3 is 1.28 bits per heavy atom. The van der Waals surface area contributed by atoms with Crippen LogP contribution in [0.4, 0.5) is 0 Å². The van der Waals surface area contributed by atoms with Crippen molar-refractivity contribution in [3.05, 3.63) is 78.8 Å². The number of aliphatic hydroxyl groups is 2. The second-order valence-corrected chi connectivity index (χ2v) is 22.8. The molecule has 10 nitrogen and oxygen atoms in total. The Morgan fingerprint density at radius 2 is 0.983 bits per heavy atom. The van der Waals surface area contributed by atoms with Crippen molar-refractivity contribution in [1.82, 2.24) is 0 Å². The predicted octanol–water partition coefficient (Wildman–Crippen LogP) is 2.25. The van der Waals surface area contributed by atoms with E-state index in [2.05, 4.69) is 27.7 Å². The van der Waals surface area contributed by atoms with E-state index in [1.54, 1.807) is 12.1 Å². The Bertz CT molecular complexity index is 1790. The summed E-state index contributed by atoms with van der Waals surface area (Å²) in [6.07, 6.45) is 1.46. The van der Waals surface area contributed by atoms with Crippen LogP contribution in [0.1, 0.15) is 103 Å². The molecule has 0 amide bonds. The van der Waals surface area contributed by atoms with E-state index in [0.29, 0.717) is 32.9 Å². The van der Waals surface area contributed by atoms with Crippen LogP contribution < -0.4 is 47.9 Å². The van der Waals surface area contributed by atoms with Gasteiger partial charge < -0.3 is 39.8 Å². The number of carbonyl (C=O) groups is 2. The van der Waals surface area contributed by atoms with Crippen molar-refractivity contribution in [2.45, 2.75) is 104 Å². The summed E-state index contributed by atoms with van der Waals surface area (Å²) in [5.74, 6) is -2.88. The SMILES string of the molecule is CC1(C)CCCC(c2ccc(Cl)c(Cl)c2)=C1CCP(=O)(O)C[C@@H](O)CC(=O)[O-].CC1(C)CCCC(c2ccc(Cl)c(Cl)c2)=C1CCP(=O)(O)C[C@@H](O)CC(=O)[O-].[Li+].[Li+]. The fourth-order valence-corrected chi connectivity index (χ4v) is 11.4. The molecule has 0 radical (unpaired) electrons. The summed E-state index contributed by atoms with van der Waals surface area (Å²) in [6, 6.07) is 11.0. The average molecular weight is 910 g/mol. The van der Waals surface area contributed by atoms with Crippen LogP contribution in [0, 0.1) is 10.8 Å². The minimum absolute atomic E-state index is 0. The molecule has 18 heteroatoms. The number of carbonyl (C=O) groups excluding carboxylic acids is 2. The van der Waals surface area contributed by atoms with Gasteiger partial charge in [0, 0.05) is 37.1 Å². The number of aliphatic carboxylic acids is 2. The third-order valence-electron chi connectivity index (χ3n) is 10.6. The zero-order valence-electron chi connectivity index (χ0n) is 34.2. The zero-order chi connectivity index (χ0) is 42.2. The Kier molecular flexibility index (Phi) is 22.8. The van der Waals surface area contributed by atoms with Crippen LogP contribution in [0.3, 0.4) is 0 Å². The van der Waals surface area contributed by atoms with Gasteiger partial charge in [0.05, 0.1) is 44.6 Å². The Balaban J connectivity index is 0.000000561. The molecular formula is C40H52Cl4Li2O10P2. The van der Waals surface area contributed by atoms with Crippen molar-refractivity contribution in [2.24, 2.45) is 10.8 Å². The molecule has 0 heterocycles. The van der Waals surface area contributed by atoms with E-state index in [-0.39, 0.29) is 60.9 Å². The summed E-state index contributed by atoms with van der Waals surface area (Å²) in [5.41, 5.74) is 6.08. The number of carboxylic acids is 2. The largest absolute Gasteiger partial charge is 1.00 e. The normalized spacial score (nSPS) is 19.2. The molecule has 4 rings (SSSR count). The van der Waals surface area contributed by atoms with Crippen molar-refractivity contribution >= 4 is 84.2 Å². The molecule has 2 unspecified atom stereocenters. The van der Waals surface area contributed by atoms with Gasteiger partial charge >= 0.3 is 37.7 Å². The summed E-state index contributed by atoms with van der Waals surface area (Å²) >= 11 is 24.4. The first-order chi connectivity index (χ1) is 25.8. The molecule has 4 N–H and O–H groups in total. The smallest absolute Gasteiger partial charge is 0.550 e. The first-order valence-corrected chi connectivity index (χ1v) is 24.1. The molecule has 2 aromatic rings. The molecule has 0 aromatic heterocycles. The van der Waals surface area contributed by atoms with Crippen molar-refractivity contribution in [1.29, 1.82) is 0 Å². The first-order valence-electron chi connectivity index (χ1n) is 18.6. The molecular weight excluding hydrogens is 858 g/mol. The number of hydrogen-bond donors (Lipinski definition) is 4. The summed E-state index contributed by atoms with van der Waals surface area (Å²) in [7, 11) is -7.37. The van der Waals surface area contributed by atoms with E-state index in [1.165, 1.54) is 0 Å². The first kappa shape index (κ1) is 55.5. The van der Waals surface area contributed by atoms with Gasteiger partial charge in [-0.05, 0) is 109 Å². The fourth-order valence-electron chi connectivity index (χ4n) is 7.75. The van der Waals surface area contributed by atoms with Gasteiger partial charge in [-0.25, -0.2) is 0 Å². The standard InChI is InChI=1S/2C20H27Cl2O5P.2Li/c2*1-20(2)8-3-4-15(13-5-6-17(21)18(22)10-13)16(20)7-9-28(26,27)12-14(23)11-19(24)25;;/h2*5-6,10,14,23H,3-4,7-9,11-12H2,1-2H3,(H,24,25)(H,26,27);;/q;;2*+1/p-2/t2*14-;;/m00../s1. The van der Waals surface area contributed by atoms with Gasteiger partial charge in [0.15, 0.2) is 0 Å². The Morgan fingerprint density at radius 1 is 0.655 bits per heavy atom. The molecule has 2 aromatic carbocycles. The van der Waals surface area contributed by atoms with Crippen LogP contribution in [0.15, 0.2) is 47.5 Å². The minimum atomic E-state index is -3.69. The Labute approximate surface area is 386 Å². The molecule has 0 fully saturated rings. The third-order valence-corrected chi connectivity index (χ3v) is 15.9. The quantitative estimate of drug-likeness (QED) is 0.143. The second-order valence-electron chi connectivity index (χ2n) is 16.1. The summed E-state index contributed by atoms with van der Waals surface area (Å²) in [6.45, 7) is 8.47. The molecule has 2 aliphatic carbocycles. The van der Waals surface area contributed by atoms with Crippen molar-refractivity contribution in [2.75, 3.05) is 24.6 Å². The molecule has 58 heavy (non-hydrogen) atoms. The maximum absolute atomic E-state index is 12.5. The van der Waals surface area contributed by atoms with Crippen LogP contribution in [0.2, 0.25) is 20.1 Å². The number of benzene rings is 2. The van der Waals surface area contributed by atoms with Crippen LogP contribution in [0.5, 0.6) is 0 Å². The molecule has 312 valence electrons. The Hall–Kier alpha value is -0.485. The summed E-state index contributed by atoms with van der Waals surface area (Å²) < 4.78 is 25.0. The van der Waals surface area contributed by atoms with Gasteiger partial charge in [-0.15, -0.1) is 0 Å². The van der Waals surface area contributed by atoms with Gasteiger partial charge in [0.1, 0.15) is 0 Å². The molecule has 0 saturated carbocycles. The zero-order valence-corrected chi connectivity index (χ0v) is 39.0. The van der Waals surface area contributed by atoms with Crippen LogP contribution >= 0.6 is 61.1 Å². The van der Waals surface area contributed by atoms with Crippen LogP contribution in [-0.4, -0.2) is 68.8 Å². The monoisotopic (exact) mass is 908 g/mol. The molecule has 4 atom stereocenters. The topological polar surface area (TPSA) is 195 Å². The van der Waals surface area contributed by atoms with E-state index in [4.69, 9.17) is 46.4 Å².